The molecule has 0 aromatic carbocycles. The molecule has 0 saturated heterocycles. The van der Waals surface area contributed by atoms with Crippen LogP contribution in [-0.4, -0.2) is 52.7 Å². The average molecular weight is 250 g/mol. The van der Waals surface area contributed by atoms with Crippen molar-refractivity contribution in [3.8, 4) is 0 Å². The molecule has 96 valence electrons. The number of nitrogens with two attached hydrogens (primary N) is 1. The Morgan fingerprint density at radius 2 is 1.38 bits per heavy atom. The lowest BCUT2D eigenvalue weighted by Gasteiger charge is -2.22. The van der Waals surface area contributed by atoms with Gasteiger partial charge in [-0.05, 0) is 21.1 Å². The summed E-state index contributed by atoms with van der Waals surface area (Å²) in [6.45, 7) is 4.07. The molecule has 0 rings (SSSR count). The Morgan fingerprint density at radius 1 is 1.12 bits per heavy atom. The minimum absolute atomic E-state index is 0.0756. The molecule has 0 bridgehead atoms. The van der Waals surface area contributed by atoms with Crippen LogP contribution in [0.2, 0.25) is 6.55 Å². The number of rotatable bonds is 3. The number of hydrogen-bond donors (Lipinski definition) is 1. The van der Waals surface area contributed by atoms with Crippen molar-refractivity contribution < 1.29 is 18.4 Å². The largest absolute Gasteiger partial charge is 0.484 e. The van der Waals surface area contributed by atoms with Crippen LogP contribution in [0, 0.1) is 0 Å². The molecule has 0 aliphatic rings. The van der Waals surface area contributed by atoms with Gasteiger partial charge < -0.3 is 19.5 Å². The van der Waals surface area contributed by atoms with Crippen molar-refractivity contribution in [3.05, 3.63) is 0 Å². The lowest BCUT2D eigenvalue weighted by atomic mass is 10.9. The molecular formula is C9H22N2O4Si. The second-order valence-electron chi connectivity index (χ2n) is 3.87. The number of nitrogens with zero attached hydrogens (tertiary/aromatic N) is 1. The quantitative estimate of drug-likeness (QED) is 0.702. The maximum Gasteiger partial charge on any atom is 0.475 e. The Balaban J connectivity index is 0. The Labute approximate surface area is 97.9 Å². The van der Waals surface area contributed by atoms with Crippen LogP contribution in [0.4, 0.5) is 0 Å². The first-order chi connectivity index (χ1) is 7.13. The average Bonchev–Trinajstić information content (AvgIpc) is 1.99. The van der Waals surface area contributed by atoms with Crippen molar-refractivity contribution in [2.24, 2.45) is 5.73 Å². The third-order valence-corrected chi connectivity index (χ3v) is 3.27. The molecule has 0 radical (unpaired) electrons. The molecule has 0 heterocycles. The minimum Gasteiger partial charge on any atom is -0.484 e. The van der Waals surface area contributed by atoms with Crippen LogP contribution in [0.25, 0.3) is 0 Å². The van der Waals surface area contributed by atoms with E-state index in [2.05, 4.69) is 0 Å². The van der Waals surface area contributed by atoms with Gasteiger partial charge >= 0.3 is 8.56 Å². The normalized spacial score (nSPS) is 10.2. The third kappa shape index (κ3) is 13.1. The van der Waals surface area contributed by atoms with E-state index in [1.54, 1.807) is 6.55 Å². The fourth-order valence-corrected chi connectivity index (χ4v) is 2.14. The van der Waals surface area contributed by atoms with Gasteiger partial charge in [0.2, 0.25) is 0 Å². The van der Waals surface area contributed by atoms with Crippen LogP contribution in [0.5, 0.6) is 0 Å². The lowest BCUT2D eigenvalue weighted by Crippen LogP contribution is -2.49. The van der Waals surface area contributed by atoms with Crippen LogP contribution in [0.15, 0.2) is 0 Å². The molecule has 6 nitrogen and oxygen atoms in total. The van der Waals surface area contributed by atoms with E-state index < -0.39 is 20.5 Å². The predicted octanol–water partition coefficient (Wildman–Crippen LogP) is -0.140. The van der Waals surface area contributed by atoms with Gasteiger partial charge in [-0.1, -0.05) is 0 Å². The Hall–Kier alpha value is -0.923. The van der Waals surface area contributed by atoms with E-state index in [-0.39, 0.29) is 6.17 Å². The van der Waals surface area contributed by atoms with Crippen LogP contribution < -0.4 is 5.73 Å². The fourth-order valence-electron chi connectivity index (χ4n) is 0.712. The van der Waals surface area contributed by atoms with E-state index in [4.69, 9.17) is 14.6 Å². The van der Waals surface area contributed by atoms with Crippen molar-refractivity contribution in [2.75, 3.05) is 27.3 Å². The molecule has 16 heavy (non-hydrogen) atoms. The molecule has 2 N–H and O–H groups in total. The summed E-state index contributed by atoms with van der Waals surface area (Å²) in [6.07, 6.45) is 0.0756. The summed E-state index contributed by atoms with van der Waals surface area (Å²) in [6, 6.07) is 0. The standard InChI is InChI=1S/C6H13NO4Si.C3H9N/c1-5(8)10-12(3,4-7)11-6(2)9;1-4(2)3/h4,7H2,1-3H3;1-3H3. The summed E-state index contributed by atoms with van der Waals surface area (Å²) in [5.74, 6) is -0.952. The SMILES string of the molecule is CC(=O)O[Si](C)(CN)OC(C)=O.CN(C)C. The lowest BCUT2D eigenvalue weighted by molar-refractivity contribution is -0.138. The zero-order valence-electron chi connectivity index (χ0n) is 10.9. The first kappa shape index (κ1) is 17.5. The van der Waals surface area contributed by atoms with Crippen LogP contribution in [0.3, 0.4) is 0 Å². The van der Waals surface area contributed by atoms with Gasteiger partial charge in [0.05, 0.1) is 6.17 Å². The Bertz CT molecular complexity index is 215. The molecule has 0 atom stereocenters. The van der Waals surface area contributed by atoms with E-state index in [0.717, 1.165) is 0 Å². The first-order valence-electron chi connectivity index (χ1n) is 4.83. The maximum atomic E-state index is 10.6. The molecule has 0 aliphatic carbocycles. The second-order valence-corrected chi connectivity index (χ2v) is 6.95. The van der Waals surface area contributed by atoms with E-state index in [0.29, 0.717) is 0 Å². The van der Waals surface area contributed by atoms with Gasteiger partial charge in [0.25, 0.3) is 11.9 Å². The van der Waals surface area contributed by atoms with Crippen LogP contribution in [0.1, 0.15) is 13.8 Å². The molecule has 0 amide bonds. The summed E-state index contributed by atoms with van der Waals surface area (Å²) < 4.78 is 9.66. The summed E-state index contributed by atoms with van der Waals surface area (Å²) in [7, 11) is 3.23. The molecule has 0 aliphatic heterocycles. The summed E-state index contributed by atoms with van der Waals surface area (Å²) >= 11 is 0. The number of hydrogen-bond acceptors (Lipinski definition) is 6. The van der Waals surface area contributed by atoms with E-state index in [1.165, 1.54) is 13.8 Å². The second kappa shape index (κ2) is 8.25. The summed E-state index contributed by atoms with van der Waals surface area (Å²) in [5, 5.41) is 0. The van der Waals surface area contributed by atoms with Gasteiger partial charge in [0.1, 0.15) is 0 Å². The molecule has 0 aromatic heterocycles. The molecule has 0 saturated carbocycles. The molecule has 0 fully saturated rings. The van der Waals surface area contributed by atoms with Crippen molar-refractivity contribution in [3.63, 3.8) is 0 Å². The predicted molar refractivity (Wildman–Crippen MR) is 63.8 cm³/mol. The fraction of sp³-hybridized carbons (Fsp3) is 0.778. The highest BCUT2D eigenvalue weighted by molar-refractivity contribution is 6.69. The Kier molecular flexibility index (Phi) is 9.01. The Morgan fingerprint density at radius 3 is 1.50 bits per heavy atom. The number of carbonyl (C=O) groups is 2. The molecule has 7 heteroatoms. The van der Waals surface area contributed by atoms with Gasteiger partial charge in [-0.25, -0.2) is 0 Å². The van der Waals surface area contributed by atoms with Gasteiger partial charge in [0, 0.05) is 20.4 Å². The van der Waals surface area contributed by atoms with Crippen molar-refractivity contribution in [2.45, 2.75) is 20.4 Å². The smallest absolute Gasteiger partial charge is 0.475 e. The van der Waals surface area contributed by atoms with E-state index >= 15 is 0 Å². The van der Waals surface area contributed by atoms with E-state index in [9.17, 15) is 9.59 Å². The molecule has 0 aromatic rings. The van der Waals surface area contributed by atoms with Crippen molar-refractivity contribution in [1.29, 1.82) is 0 Å². The topological polar surface area (TPSA) is 81.9 Å². The highest BCUT2D eigenvalue weighted by atomic mass is 28.4. The third-order valence-electron chi connectivity index (χ3n) is 1.09. The van der Waals surface area contributed by atoms with Crippen molar-refractivity contribution in [1.82, 2.24) is 4.90 Å². The highest BCUT2D eigenvalue weighted by Crippen LogP contribution is 2.05. The summed E-state index contributed by atoms with van der Waals surface area (Å²) in [5.41, 5.74) is 5.31. The minimum atomic E-state index is -2.77. The first-order valence-corrected chi connectivity index (χ1v) is 7.35. The van der Waals surface area contributed by atoms with Gasteiger partial charge in [-0.15, -0.1) is 0 Å². The molecular weight excluding hydrogens is 228 g/mol. The zero-order valence-corrected chi connectivity index (χ0v) is 11.9. The summed E-state index contributed by atoms with van der Waals surface area (Å²) in [4.78, 5) is 23.1. The van der Waals surface area contributed by atoms with Crippen LogP contribution in [-0.2, 0) is 18.4 Å². The zero-order chi connectivity index (χ0) is 13.4. The van der Waals surface area contributed by atoms with Crippen LogP contribution >= 0.6 is 0 Å². The maximum absolute atomic E-state index is 10.6. The monoisotopic (exact) mass is 250 g/mol. The van der Waals surface area contributed by atoms with E-state index in [1.807, 2.05) is 26.0 Å². The molecule has 0 spiro atoms. The van der Waals surface area contributed by atoms with Gasteiger partial charge in [-0.3, -0.25) is 9.59 Å². The highest BCUT2D eigenvalue weighted by Gasteiger charge is 2.36. The van der Waals surface area contributed by atoms with Crippen molar-refractivity contribution >= 4 is 20.5 Å². The molecule has 0 unspecified atom stereocenters. The number of carbonyl (C=O) groups excluding carboxylic acids is 2. The van der Waals surface area contributed by atoms with Gasteiger partial charge in [0.15, 0.2) is 0 Å². The van der Waals surface area contributed by atoms with Gasteiger partial charge in [-0.2, -0.15) is 0 Å².